The van der Waals surface area contributed by atoms with Crippen molar-refractivity contribution in [3.8, 4) is 11.5 Å². The van der Waals surface area contributed by atoms with Gasteiger partial charge in [0.15, 0.2) is 17.7 Å². The van der Waals surface area contributed by atoms with Crippen molar-refractivity contribution in [2.45, 2.75) is 25.5 Å². The Morgan fingerprint density at radius 1 is 1.42 bits per heavy atom. The molecule has 0 aliphatic carbocycles. The molecule has 1 aliphatic rings. The maximum absolute atomic E-state index is 11.0. The quantitative estimate of drug-likeness (QED) is 0.900. The summed E-state index contributed by atoms with van der Waals surface area (Å²) in [5, 5.41) is 8.49. The number of hydrogen-bond donors (Lipinski definition) is 1. The zero-order chi connectivity index (χ0) is 13.2. The molecule has 7 heteroatoms. The van der Waals surface area contributed by atoms with Crippen LogP contribution in [0.25, 0.3) is 11.5 Å². The van der Waals surface area contributed by atoms with Crippen molar-refractivity contribution in [2.75, 3.05) is 6.61 Å². The molecule has 3 heterocycles. The number of nitrogens with zero attached hydrogens (tertiary/aromatic N) is 3. The molecule has 1 aliphatic heterocycles. The van der Waals surface area contributed by atoms with E-state index in [2.05, 4.69) is 10.2 Å². The fourth-order valence-corrected chi connectivity index (χ4v) is 2.04. The maximum atomic E-state index is 11.0. The summed E-state index contributed by atoms with van der Waals surface area (Å²) in [6.45, 7) is 0.730. The number of carbonyl (C=O) groups excluding carboxylic acids is 1. The van der Waals surface area contributed by atoms with Gasteiger partial charge in [-0.3, -0.25) is 4.79 Å². The predicted octanol–water partition coefficient (Wildman–Crippen LogP) is 1.34. The Labute approximate surface area is 109 Å². The summed E-state index contributed by atoms with van der Waals surface area (Å²) in [6, 6.07) is 3.17. The SMILES string of the molecule is NC(=O)c1ccc(-c2cnn(C3CCCCO3)n2)o1. The molecule has 0 saturated carbocycles. The van der Waals surface area contributed by atoms with Crippen molar-refractivity contribution in [2.24, 2.45) is 5.73 Å². The monoisotopic (exact) mass is 262 g/mol. The first kappa shape index (κ1) is 11.9. The first-order chi connectivity index (χ1) is 9.24. The minimum Gasteiger partial charge on any atom is -0.449 e. The topological polar surface area (TPSA) is 96.2 Å². The van der Waals surface area contributed by atoms with E-state index in [9.17, 15) is 4.79 Å². The molecule has 0 radical (unpaired) electrons. The van der Waals surface area contributed by atoms with Crippen LogP contribution in [0.1, 0.15) is 36.0 Å². The van der Waals surface area contributed by atoms with Crippen LogP contribution in [0.5, 0.6) is 0 Å². The lowest BCUT2D eigenvalue weighted by Gasteiger charge is -2.21. The number of nitrogens with two attached hydrogens (primary N) is 1. The average Bonchev–Trinajstić information content (AvgIpc) is 3.09. The highest BCUT2D eigenvalue weighted by Gasteiger charge is 2.19. The number of furan rings is 1. The predicted molar refractivity (Wildman–Crippen MR) is 65.1 cm³/mol. The largest absolute Gasteiger partial charge is 0.449 e. The van der Waals surface area contributed by atoms with Gasteiger partial charge < -0.3 is 14.9 Å². The molecule has 1 saturated heterocycles. The molecular weight excluding hydrogens is 248 g/mol. The zero-order valence-corrected chi connectivity index (χ0v) is 10.3. The molecule has 0 spiro atoms. The Bertz CT molecular complexity index is 583. The third kappa shape index (κ3) is 2.37. The van der Waals surface area contributed by atoms with Gasteiger partial charge in [-0.15, -0.1) is 5.10 Å². The molecule has 7 nitrogen and oxygen atoms in total. The van der Waals surface area contributed by atoms with Gasteiger partial charge in [0.2, 0.25) is 0 Å². The van der Waals surface area contributed by atoms with Gasteiger partial charge in [0.25, 0.3) is 5.91 Å². The average molecular weight is 262 g/mol. The van der Waals surface area contributed by atoms with E-state index in [1.165, 1.54) is 6.07 Å². The summed E-state index contributed by atoms with van der Waals surface area (Å²) in [7, 11) is 0. The lowest BCUT2D eigenvalue weighted by molar-refractivity contribution is -0.0479. The van der Waals surface area contributed by atoms with Crippen LogP contribution in [0.2, 0.25) is 0 Å². The smallest absolute Gasteiger partial charge is 0.284 e. The number of aromatic nitrogens is 3. The number of amides is 1. The first-order valence-corrected chi connectivity index (χ1v) is 6.17. The number of primary amides is 1. The Hall–Kier alpha value is -2.15. The fraction of sp³-hybridized carbons (Fsp3) is 0.417. The Kier molecular flexibility index (Phi) is 3.04. The van der Waals surface area contributed by atoms with E-state index in [1.54, 1.807) is 17.1 Å². The Balaban J connectivity index is 1.81. The standard InChI is InChI=1S/C12H14N4O3/c13-12(17)10-5-4-9(19-10)8-7-14-16(15-8)11-3-1-2-6-18-11/h4-5,7,11H,1-3,6H2,(H2,13,17). The summed E-state index contributed by atoms with van der Waals surface area (Å²) in [5.41, 5.74) is 5.69. The van der Waals surface area contributed by atoms with Crippen LogP contribution >= 0.6 is 0 Å². The summed E-state index contributed by atoms with van der Waals surface area (Å²) >= 11 is 0. The van der Waals surface area contributed by atoms with Crippen LogP contribution < -0.4 is 5.73 Å². The lowest BCUT2D eigenvalue weighted by Crippen LogP contribution is -2.20. The van der Waals surface area contributed by atoms with Gasteiger partial charge >= 0.3 is 0 Å². The number of carbonyl (C=O) groups is 1. The van der Waals surface area contributed by atoms with E-state index in [1.807, 2.05) is 0 Å². The molecule has 0 bridgehead atoms. The summed E-state index contributed by atoms with van der Waals surface area (Å²) in [6.07, 6.45) is 4.55. The number of ether oxygens (including phenoxy) is 1. The van der Waals surface area contributed by atoms with E-state index in [-0.39, 0.29) is 12.0 Å². The van der Waals surface area contributed by atoms with Crippen LogP contribution in [0.15, 0.2) is 22.7 Å². The van der Waals surface area contributed by atoms with Crippen molar-refractivity contribution >= 4 is 5.91 Å². The molecule has 2 aromatic heterocycles. The third-order valence-electron chi connectivity index (χ3n) is 3.02. The molecule has 2 aromatic rings. The molecule has 100 valence electrons. The molecule has 2 N–H and O–H groups in total. The van der Waals surface area contributed by atoms with E-state index in [0.29, 0.717) is 11.5 Å². The second kappa shape index (κ2) is 4.85. The fourth-order valence-electron chi connectivity index (χ4n) is 2.04. The van der Waals surface area contributed by atoms with Gasteiger partial charge in [-0.25, -0.2) is 0 Å². The van der Waals surface area contributed by atoms with Gasteiger partial charge in [0.05, 0.1) is 6.20 Å². The lowest BCUT2D eigenvalue weighted by atomic mass is 10.2. The van der Waals surface area contributed by atoms with Gasteiger partial charge in [0.1, 0.15) is 5.69 Å². The van der Waals surface area contributed by atoms with Crippen LogP contribution in [0.4, 0.5) is 0 Å². The number of hydrogen-bond acceptors (Lipinski definition) is 5. The second-order valence-corrected chi connectivity index (χ2v) is 4.40. The van der Waals surface area contributed by atoms with Crippen molar-refractivity contribution in [1.29, 1.82) is 0 Å². The third-order valence-corrected chi connectivity index (χ3v) is 3.02. The molecular formula is C12H14N4O3. The van der Waals surface area contributed by atoms with Gasteiger partial charge in [-0.05, 0) is 31.4 Å². The van der Waals surface area contributed by atoms with Gasteiger partial charge in [-0.2, -0.15) is 9.90 Å². The van der Waals surface area contributed by atoms with Crippen LogP contribution in [-0.2, 0) is 4.74 Å². The van der Waals surface area contributed by atoms with Gasteiger partial charge in [0, 0.05) is 6.61 Å². The summed E-state index contributed by atoms with van der Waals surface area (Å²) in [4.78, 5) is 12.5. The molecule has 0 aromatic carbocycles. The van der Waals surface area contributed by atoms with Crippen molar-refractivity contribution < 1.29 is 13.9 Å². The van der Waals surface area contributed by atoms with Crippen molar-refractivity contribution in [3.05, 3.63) is 24.1 Å². The van der Waals surface area contributed by atoms with Crippen molar-refractivity contribution in [3.63, 3.8) is 0 Å². The van der Waals surface area contributed by atoms with Crippen LogP contribution in [0, 0.1) is 0 Å². The zero-order valence-electron chi connectivity index (χ0n) is 10.3. The van der Waals surface area contributed by atoms with E-state index in [0.717, 1.165) is 25.9 Å². The Morgan fingerprint density at radius 2 is 2.32 bits per heavy atom. The minimum atomic E-state index is -0.603. The molecule has 1 amide bonds. The molecule has 1 unspecified atom stereocenters. The molecule has 1 atom stereocenters. The molecule has 1 fully saturated rings. The first-order valence-electron chi connectivity index (χ1n) is 6.17. The summed E-state index contributed by atoms with van der Waals surface area (Å²) in [5.74, 6) is -0.0245. The van der Waals surface area contributed by atoms with E-state index in [4.69, 9.17) is 14.9 Å². The number of rotatable bonds is 3. The van der Waals surface area contributed by atoms with Crippen LogP contribution in [-0.4, -0.2) is 27.5 Å². The van der Waals surface area contributed by atoms with Crippen LogP contribution in [0.3, 0.4) is 0 Å². The maximum Gasteiger partial charge on any atom is 0.284 e. The van der Waals surface area contributed by atoms with E-state index < -0.39 is 5.91 Å². The van der Waals surface area contributed by atoms with Crippen molar-refractivity contribution in [1.82, 2.24) is 15.0 Å². The highest BCUT2D eigenvalue weighted by Crippen LogP contribution is 2.24. The van der Waals surface area contributed by atoms with Gasteiger partial charge in [-0.1, -0.05) is 0 Å². The second-order valence-electron chi connectivity index (χ2n) is 4.40. The van der Waals surface area contributed by atoms with E-state index >= 15 is 0 Å². The molecule has 19 heavy (non-hydrogen) atoms. The molecule has 3 rings (SSSR count). The highest BCUT2D eigenvalue weighted by atomic mass is 16.5. The Morgan fingerprint density at radius 3 is 3.00 bits per heavy atom. The minimum absolute atomic E-state index is 0.110. The highest BCUT2D eigenvalue weighted by molar-refractivity contribution is 5.90. The normalized spacial score (nSPS) is 19.5. The summed E-state index contributed by atoms with van der Waals surface area (Å²) < 4.78 is 10.9.